The molecule has 1 aromatic heterocycles. The summed E-state index contributed by atoms with van der Waals surface area (Å²) in [5.41, 5.74) is 0.711. The minimum atomic E-state index is -4.39. The van der Waals surface area contributed by atoms with Crippen molar-refractivity contribution in [2.24, 2.45) is 5.16 Å². The fraction of sp³-hybridized carbons (Fsp3) is 0.526. The van der Waals surface area contributed by atoms with Crippen molar-refractivity contribution in [3.63, 3.8) is 0 Å². The first-order valence-corrected chi connectivity index (χ1v) is 10.1. The molecule has 10 heteroatoms. The maximum atomic E-state index is 14.2. The molecule has 1 aliphatic rings. The Labute approximate surface area is 169 Å². The molecule has 2 aromatic rings. The third-order valence-electron chi connectivity index (χ3n) is 4.54. The van der Waals surface area contributed by atoms with E-state index >= 15 is 0 Å². The fourth-order valence-electron chi connectivity index (χ4n) is 3.21. The number of piperidine rings is 1. The summed E-state index contributed by atoms with van der Waals surface area (Å²) in [5, 5.41) is 19.5. The number of hydrogen-bond acceptors (Lipinski definition) is 6. The maximum absolute atomic E-state index is 14.2. The number of nitrogens with one attached hydrogen (secondary N) is 2. The molecule has 2 heterocycles. The van der Waals surface area contributed by atoms with Crippen LogP contribution in [-0.2, 0) is 11.3 Å². The Bertz CT molecular complexity index is 854. The molecule has 0 spiro atoms. The zero-order valence-corrected chi connectivity index (χ0v) is 16.6. The molecule has 0 amide bonds. The first-order valence-electron chi connectivity index (χ1n) is 9.30. The van der Waals surface area contributed by atoms with E-state index in [1.807, 2.05) is 0 Å². The van der Waals surface area contributed by atoms with Crippen molar-refractivity contribution in [3.05, 3.63) is 28.6 Å². The van der Waals surface area contributed by atoms with Crippen molar-refractivity contribution in [3.8, 4) is 0 Å². The quantitative estimate of drug-likeness (QED) is 0.353. The summed E-state index contributed by atoms with van der Waals surface area (Å²) >= 11 is 1.15. The van der Waals surface area contributed by atoms with E-state index in [9.17, 15) is 22.7 Å². The van der Waals surface area contributed by atoms with Gasteiger partial charge < -0.3 is 20.6 Å². The molecule has 0 aliphatic carbocycles. The largest absolute Gasteiger partial charge is 0.393 e. The Hall–Kier alpha value is -1.91. The zero-order chi connectivity index (χ0) is 21.0. The van der Waals surface area contributed by atoms with Crippen LogP contribution in [0.3, 0.4) is 0 Å². The average Bonchev–Trinajstić information content (AvgIpc) is 2.97. The second kappa shape index (κ2) is 9.27. The number of benzene rings is 1. The lowest BCUT2D eigenvalue weighted by Crippen LogP contribution is -2.45. The Morgan fingerprint density at radius 2 is 2.24 bits per heavy atom. The first kappa shape index (κ1) is 21.8. The van der Waals surface area contributed by atoms with Gasteiger partial charge in [0.05, 0.1) is 40.0 Å². The van der Waals surface area contributed by atoms with Gasteiger partial charge >= 0.3 is 6.18 Å². The Kier molecular flexibility index (Phi) is 6.97. The standard InChI is InChI=1S/C19H23F4N3O2S/c1-11(27)10-28-25-9-17-13(7-19(21,22)23)12-3-2-4-16(18(12)29-17)26-15-5-6-24-8-14(15)20/h2-4,9,11,14-15,24,26-27H,5-8,10H2,1H3/b25-9+/t11?,14-,15+/m0/s1. The van der Waals surface area contributed by atoms with Gasteiger partial charge in [-0.25, -0.2) is 4.39 Å². The van der Waals surface area contributed by atoms with Crippen LogP contribution in [0.5, 0.6) is 0 Å². The molecule has 3 rings (SSSR count). The maximum Gasteiger partial charge on any atom is 0.393 e. The highest BCUT2D eigenvalue weighted by Crippen LogP contribution is 2.39. The van der Waals surface area contributed by atoms with Gasteiger partial charge in [0.15, 0.2) is 0 Å². The van der Waals surface area contributed by atoms with E-state index in [0.29, 0.717) is 33.6 Å². The lowest BCUT2D eigenvalue weighted by molar-refractivity contribution is -0.126. The van der Waals surface area contributed by atoms with Crippen LogP contribution < -0.4 is 10.6 Å². The van der Waals surface area contributed by atoms with Gasteiger partial charge in [0.1, 0.15) is 12.8 Å². The number of hydrogen-bond donors (Lipinski definition) is 3. The molecule has 29 heavy (non-hydrogen) atoms. The number of rotatable bonds is 7. The second-order valence-electron chi connectivity index (χ2n) is 7.06. The van der Waals surface area contributed by atoms with E-state index in [0.717, 1.165) is 11.3 Å². The van der Waals surface area contributed by atoms with Crippen LogP contribution in [0, 0.1) is 0 Å². The molecule has 3 N–H and O–H groups in total. The molecule has 1 aromatic carbocycles. The highest BCUT2D eigenvalue weighted by atomic mass is 32.1. The third-order valence-corrected chi connectivity index (χ3v) is 5.75. The molecule has 160 valence electrons. The van der Waals surface area contributed by atoms with Crippen molar-refractivity contribution < 1.29 is 27.5 Å². The van der Waals surface area contributed by atoms with Crippen LogP contribution in [0.4, 0.5) is 23.2 Å². The molecular formula is C19H23F4N3O2S. The van der Waals surface area contributed by atoms with E-state index in [-0.39, 0.29) is 18.7 Å². The monoisotopic (exact) mass is 433 g/mol. The molecule has 0 bridgehead atoms. The minimum absolute atomic E-state index is 0.0591. The number of halogens is 4. The number of aliphatic hydroxyl groups excluding tert-OH is 1. The van der Waals surface area contributed by atoms with Crippen LogP contribution in [0.1, 0.15) is 23.8 Å². The summed E-state index contributed by atoms with van der Waals surface area (Å²) in [7, 11) is 0. The average molecular weight is 433 g/mol. The molecule has 3 atom stereocenters. The number of alkyl halides is 4. The van der Waals surface area contributed by atoms with Gasteiger partial charge in [-0.2, -0.15) is 13.2 Å². The van der Waals surface area contributed by atoms with Crippen LogP contribution in [-0.4, -0.2) is 55.5 Å². The summed E-state index contributed by atoms with van der Waals surface area (Å²) in [5.74, 6) is 0. The van der Waals surface area contributed by atoms with Gasteiger partial charge in [-0.15, -0.1) is 11.3 Å². The minimum Gasteiger partial charge on any atom is -0.393 e. The summed E-state index contributed by atoms with van der Waals surface area (Å²) in [4.78, 5) is 5.24. The predicted molar refractivity (Wildman–Crippen MR) is 107 cm³/mol. The highest BCUT2D eigenvalue weighted by molar-refractivity contribution is 7.21. The van der Waals surface area contributed by atoms with Gasteiger partial charge in [0.2, 0.25) is 0 Å². The van der Waals surface area contributed by atoms with Crippen LogP contribution in [0.2, 0.25) is 0 Å². The molecule has 1 saturated heterocycles. The van der Waals surface area contributed by atoms with E-state index < -0.39 is 30.9 Å². The van der Waals surface area contributed by atoms with E-state index in [4.69, 9.17) is 4.84 Å². The summed E-state index contributed by atoms with van der Waals surface area (Å²) in [6, 6.07) is 4.63. The summed E-state index contributed by atoms with van der Waals surface area (Å²) < 4.78 is 54.3. The van der Waals surface area contributed by atoms with E-state index in [1.54, 1.807) is 18.2 Å². The number of oxime groups is 1. The van der Waals surface area contributed by atoms with Gasteiger partial charge in [-0.1, -0.05) is 17.3 Å². The summed E-state index contributed by atoms with van der Waals surface area (Å²) in [6.45, 7) is 2.38. The van der Waals surface area contributed by atoms with Crippen LogP contribution in [0.15, 0.2) is 23.4 Å². The fourth-order valence-corrected chi connectivity index (χ4v) is 4.37. The van der Waals surface area contributed by atoms with Crippen LogP contribution >= 0.6 is 11.3 Å². The topological polar surface area (TPSA) is 65.9 Å². The van der Waals surface area contributed by atoms with Gasteiger partial charge in [0, 0.05) is 6.54 Å². The number of aliphatic hydroxyl groups is 1. The highest BCUT2D eigenvalue weighted by Gasteiger charge is 2.31. The van der Waals surface area contributed by atoms with Crippen molar-refractivity contribution in [2.45, 2.75) is 44.3 Å². The normalized spacial score (nSPS) is 21.6. The lowest BCUT2D eigenvalue weighted by Gasteiger charge is -2.28. The number of anilines is 1. The van der Waals surface area contributed by atoms with Gasteiger partial charge in [0.25, 0.3) is 0 Å². The third kappa shape index (κ3) is 5.80. The van der Waals surface area contributed by atoms with Crippen molar-refractivity contribution in [2.75, 3.05) is 25.0 Å². The van der Waals surface area contributed by atoms with Crippen molar-refractivity contribution in [1.29, 1.82) is 0 Å². The molecule has 0 radical (unpaired) electrons. The smallest absolute Gasteiger partial charge is 0.393 e. The molecule has 1 unspecified atom stereocenters. The van der Waals surface area contributed by atoms with Crippen molar-refractivity contribution in [1.82, 2.24) is 5.32 Å². The summed E-state index contributed by atoms with van der Waals surface area (Å²) in [6.07, 6.45) is -5.49. The number of nitrogens with zero attached hydrogens (tertiary/aromatic N) is 1. The Balaban J connectivity index is 1.94. The zero-order valence-electron chi connectivity index (χ0n) is 15.8. The van der Waals surface area contributed by atoms with Crippen molar-refractivity contribution >= 4 is 33.3 Å². The molecule has 1 aliphatic heterocycles. The Morgan fingerprint density at radius 1 is 1.45 bits per heavy atom. The van der Waals surface area contributed by atoms with Crippen LogP contribution in [0.25, 0.3) is 10.1 Å². The second-order valence-corrected chi connectivity index (χ2v) is 8.11. The first-order chi connectivity index (χ1) is 13.7. The number of thiophene rings is 1. The van der Waals surface area contributed by atoms with Gasteiger partial charge in [-0.3, -0.25) is 0 Å². The van der Waals surface area contributed by atoms with E-state index in [2.05, 4.69) is 15.8 Å². The SMILES string of the molecule is CC(O)CO/N=C/c1sc2c(N[C@@H]3CCNC[C@@H]3F)cccc2c1CC(F)(F)F. The molecule has 0 saturated carbocycles. The molecule has 5 nitrogen and oxygen atoms in total. The predicted octanol–water partition coefficient (Wildman–Crippen LogP) is 3.85. The molecule has 1 fully saturated rings. The lowest BCUT2D eigenvalue weighted by atomic mass is 10.0. The van der Waals surface area contributed by atoms with E-state index in [1.165, 1.54) is 13.1 Å². The Morgan fingerprint density at radius 3 is 2.93 bits per heavy atom. The number of fused-ring (bicyclic) bond motifs is 1. The molecular weight excluding hydrogens is 410 g/mol. The van der Waals surface area contributed by atoms with Gasteiger partial charge in [-0.05, 0) is 36.9 Å².